The Hall–Kier alpha value is -0.730. The second kappa shape index (κ2) is 12.0. The fourth-order valence-electron chi connectivity index (χ4n) is 0.299. The lowest BCUT2D eigenvalue weighted by Crippen LogP contribution is -2.23. The zero-order valence-corrected chi connectivity index (χ0v) is 7.94. The molecule has 1 N–H and O–H groups in total. The van der Waals surface area contributed by atoms with Gasteiger partial charge in [0.05, 0.1) is 7.11 Å². The van der Waals surface area contributed by atoms with Gasteiger partial charge in [-0.1, -0.05) is 27.2 Å². The van der Waals surface area contributed by atoms with E-state index in [1.54, 1.807) is 0 Å². The van der Waals surface area contributed by atoms with Crippen LogP contribution in [0.4, 0.5) is 4.79 Å². The van der Waals surface area contributed by atoms with Gasteiger partial charge in [0.15, 0.2) is 0 Å². The van der Waals surface area contributed by atoms with E-state index < -0.39 is 0 Å². The minimum absolute atomic E-state index is 0. The summed E-state index contributed by atoms with van der Waals surface area (Å²) in [4.78, 5) is 10.2. The number of alkyl carbamates (subject to hydrolysis) is 1. The Kier molecular flexibility index (Phi) is 14.1. The summed E-state index contributed by atoms with van der Waals surface area (Å²) in [5.41, 5.74) is 0. The SMILES string of the molecule is CCC.CCCNC(=O)OC.[HH]. The van der Waals surface area contributed by atoms with E-state index in [2.05, 4.69) is 23.9 Å². The molecular formula is C8H21NO2. The Morgan fingerprint density at radius 1 is 1.45 bits per heavy atom. The predicted molar refractivity (Wildman–Crippen MR) is 48.8 cm³/mol. The van der Waals surface area contributed by atoms with E-state index in [9.17, 15) is 4.79 Å². The van der Waals surface area contributed by atoms with Crippen molar-refractivity contribution in [2.45, 2.75) is 33.6 Å². The summed E-state index contributed by atoms with van der Waals surface area (Å²) < 4.78 is 4.30. The average Bonchev–Trinajstić information content (AvgIpc) is 2.02. The Morgan fingerprint density at radius 3 is 2.18 bits per heavy atom. The van der Waals surface area contributed by atoms with Crippen molar-refractivity contribution in [2.24, 2.45) is 0 Å². The minimum atomic E-state index is -0.355. The third-order valence-electron chi connectivity index (χ3n) is 0.705. The molecule has 0 atom stereocenters. The molecule has 0 heterocycles. The predicted octanol–water partition coefficient (Wildman–Crippen LogP) is 2.41. The van der Waals surface area contributed by atoms with Crippen molar-refractivity contribution in [1.82, 2.24) is 5.32 Å². The maximum Gasteiger partial charge on any atom is 0.406 e. The van der Waals surface area contributed by atoms with Crippen molar-refractivity contribution in [3.8, 4) is 0 Å². The van der Waals surface area contributed by atoms with E-state index in [-0.39, 0.29) is 7.52 Å². The van der Waals surface area contributed by atoms with Gasteiger partial charge in [-0.25, -0.2) is 4.79 Å². The van der Waals surface area contributed by atoms with Crippen LogP contribution in [-0.4, -0.2) is 19.7 Å². The van der Waals surface area contributed by atoms with E-state index in [0.717, 1.165) is 6.42 Å². The standard InChI is InChI=1S/C5H11NO2.C3H8.H2/c1-3-4-6-5(7)8-2;1-3-2;/h3-4H2,1-2H3,(H,6,7);3H2,1-2H3;1H. The van der Waals surface area contributed by atoms with Gasteiger partial charge in [-0.2, -0.15) is 0 Å². The number of amides is 1. The fraction of sp³-hybridized carbons (Fsp3) is 0.875. The van der Waals surface area contributed by atoms with Gasteiger partial charge < -0.3 is 10.1 Å². The number of hydrogen-bond acceptors (Lipinski definition) is 2. The molecule has 0 spiro atoms. The highest BCUT2D eigenvalue weighted by Crippen LogP contribution is 1.72. The van der Waals surface area contributed by atoms with E-state index in [1.165, 1.54) is 13.5 Å². The number of nitrogens with one attached hydrogen (secondary N) is 1. The van der Waals surface area contributed by atoms with Gasteiger partial charge in [-0.3, -0.25) is 0 Å². The maximum atomic E-state index is 10.2. The van der Waals surface area contributed by atoms with Crippen LogP contribution in [0.2, 0.25) is 0 Å². The van der Waals surface area contributed by atoms with Crippen LogP contribution in [0.5, 0.6) is 0 Å². The molecule has 3 nitrogen and oxygen atoms in total. The molecule has 70 valence electrons. The lowest BCUT2D eigenvalue weighted by molar-refractivity contribution is 0.171. The number of rotatable bonds is 2. The summed E-state index contributed by atoms with van der Waals surface area (Å²) in [6.45, 7) is 6.92. The number of methoxy groups -OCH3 is 1. The number of ether oxygens (including phenoxy) is 1. The summed E-state index contributed by atoms with van der Waals surface area (Å²) in [5.74, 6) is 0. The molecule has 0 saturated carbocycles. The molecule has 0 aliphatic rings. The van der Waals surface area contributed by atoms with Gasteiger partial charge >= 0.3 is 6.09 Å². The molecule has 0 aromatic carbocycles. The molecule has 0 radical (unpaired) electrons. The molecule has 0 aromatic rings. The van der Waals surface area contributed by atoms with Crippen LogP contribution in [0.1, 0.15) is 35.0 Å². The molecule has 0 aliphatic heterocycles. The third kappa shape index (κ3) is 17.6. The van der Waals surface area contributed by atoms with Crippen molar-refractivity contribution in [3.63, 3.8) is 0 Å². The summed E-state index contributed by atoms with van der Waals surface area (Å²) >= 11 is 0. The Balaban J connectivity index is -0.000000177. The van der Waals surface area contributed by atoms with Gasteiger partial charge in [0, 0.05) is 7.97 Å². The lowest BCUT2D eigenvalue weighted by atomic mass is 10.5. The zero-order chi connectivity index (χ0) is 9.11. The van der Waals surface area contributed by atoms with Crippen LogP contribution < -0.4 is 5.32 Å². The molecule has 0 unspecified atom stereocenters. The van der Waals surface area contributed by atoms with E-state index in [0.29, 0.717) is 6.54 Å². The second-order valence-electron chi connectivity index (χ2n) is 2.13. The summed E-state index contributed by atoms with van der Waals surface area (Å²) in [7, 11) is 1.35. The molecule has 0 aliphatic carbocycles. The first-order valence-corrected chi connectivity index (χ1v) is 4.04. The van der Waals surface area contributed by atoms with Gasteiger partial charge in [0.25, 0.3) is 0 Å². The molecule has 0 fully saturated rings. The molecule has 0 aromatic heterocycles. The van der Waals surface area contributed by atoms with Gasteiger partial charge in [-0.05, 0) is 6.42 Å². The van der Waals surface area contributed by atoms with Gasteiger partial charge in [0.2, 0.25) is 0 Å². The van der Waals surface area contributed by atoms with E-state index in [4.69, 9.17) is 0 Å². The monoisotopic (exact) mass is 163 g/mol. The van der Waals surface area contributed by atoms with Crippen molar-refractivity contribution >= 4 is 6.09 Å². The Morgan fingerprint density at radius 2 is 1.91 bits per heavy atom. The first-order chi connectivity index (χ1) is 5.22. The largest absolute Gasteiger partial charge is 0.453 e. The van der Waals surface area contributed by atoms with Crippen molar-refractivity contribution < 1.29 is 11.0 Å². The van der Waals surface area contributed by atoms with Crippen molar-refractivity contribution in [2.75, 3.05) is 13.7 Å². The summed E-state index contributed by atoms with van der Waals surface area (Å²) in [6, 6.07) is 0. The summed E-state index contributed by atoms with van der Waals surface area (Å²) in [5, 5.41) is 2.52. The van der Waals surface area contributed by atoms with E-state index in [1.807, 2.05) is 6.92 Å². The highest BCUT2D eigenvalue weighted by molar-refractivity contribution is 5.66. The molecule has 0 bridgehead atoms. The van der Waals surface area contributed by atoms with Crippen LogP contribution in [-0.2, 0) is 4.74 Å². The zero-order valence-electron chi connectivity index (χ0n) is 7.94. The second-order valence-corrected chi connectivity index (χ2v) is 2.13. The Labute approximate surface area is 70.6 Å². The van der Waals surface area contributed by atoms with Crippen LogP contribution in [0.25, 0.3) is 0 Å². The average molecular weight is 163 g/mol. The highest BCUT2D eigenvalue weighted by Gasteiger charge is 1.91. The van der Waals surface area contributed by atoms with Gasteiger partial charge in [-0.15, -0.1) is 0 Å². The minimum Gasteiger partial charge on any atom is -0.453 e. The first kappa shape index (κ1) is 12.9. The Bertz CT molecular complexity index is 89.1. The van der Waals surface area contributed by atoms with Crippen LogP contribution >= 0.6 is 0 Å². The number of carbonyl (C=O) groups is 1. The topological polar surface area (TPSA) is 38.3 Å². The first-order valence-electron chi connectivity index (χ1n) is 4.04. The van der Waals surface area contributed by atoms with Crippen LogP contribution in [0, 0.1) is 0 Å². The molecule has 0 rings (SSSR count). The normalized spacial score (nSPS) is 7.64. The van der Waals surface area contributed by atoms with Crippen molar-refractivity contribution in [3.05, 3.63) is 0 Å². The third-order valence-corrected chi connectivity index (χ3v) is 0.705. The van der Waals surface area contributed by atoms with Crippen LogP contribution in [0.3, 0.4) is 0 Å². The molecule has 11 heavy (non-hydrogen) atoms. The number of hydrogen-bond donors (Lipinski definition) is 1. The molecule has 0 saturated heterocycles. The number of carbonyl (C=O) groups excluding carboxylic acids is 1. The van der Waals surface area contributed by atoms with Gasteiger partial charge in [0.1, 0.15) is 0 Å². The fourth-order valence-corrected chi connectivity index (χ4v) is 0.299. The van der Waals surface area contributed by atoms with E-state index >= 15 is 0 Å². The van der Waals surface area contributed by atoms with Crippen LogP contribution in [0.15, 0.2) is 0 Å². The van der Waals surface area contributed by atoms with Crippen molar-refractivity contribution in [1.29, 1.82) is 0 Å². The maximum absolute atomic E-state index is 10.2. The highest BCUT2D eigenvalue weighted by atomic mass is 16.5. The quantitative estimate of drug-likeness (QED) is 0.679. The molecule has 1 amide bonds. The smallest absolute Gasteiger partial charge is 0.406 e. The molecule has 3 heteroatoms. The summed E-state index contributed by atoms with van der Waals surface area (Å²) in [6.07, 6.45) is 1.83. The lowest BCUT2D eigenvalue weighted by Gasteiger charge is -1.98. The molecular weight excluding hydrogens is 142 g/mol.